The second-order valence-electron chi connectivity index (χ2n) is 6.05. The summed E-state index contributed by atoms with van der Waals surface area (Å²) in [6.07, 6.45) is 1.03. The Morgan fingerprint density at radius 1 is 0.800 bits per heavy atom. The Labute approximate surface area is 148 Å². The van der Waals surface area contributed by atoms with Crippen molar-refractivity contribution in [2.75, 3.05) is 6.54 Å². The molecule has 25 heavy (non-hydrogen) atoms. The van der Waals surface area contributed by atoms with Gasteiger partial charge in [-0.3, -0.25) is 4.79 Å². The van der Waals surface area contributed by atoms with E-state index in [-0.39, 0.29) is 0 Å². The predicted molar refractivity (Wildman–Crippen MR) is 102 cm³/mol. The molecule has 3 aromatic rings. The lowest BCUT2D eigenvalue weighted by atomic mass is 10.0. The number of benzene rings is 3. The van der Waals surface area contributed by atoms with Crippen molar-refractivity contribution in [2.45, 2.75) is 13.0 Å². The molecule has 0 fully saturated rings. The highest BCUT2D eigenvalue weighted by molar-refractivity contribution is 5.94. The summed E-state index contributed by atoms with van der Waals surface area (Å²) in [5.74, 6) is -0.402. The number of nitrogens with two attached hydrogens (primary N) is 1. The number of hydrogen-bond donors (Lipinski definition) is 2. The van der Waals surface area contributed by atoms with Gasteiger partial charge in [-0.2, -0.15) is 0 Å². The van der Waals surface area contributed by atoms with E-state index in [1.165, 1.54) is 11.1 Å². The largest absolute Gasteiger partial charge is 0.366 e. The number of nitrogens with one attached hydrogen (secondary N) is 1. The summed E-state index contributed by atoms with van der Waals surface area (Å²) in [5, 5.41) is 3.47. The van der Waals surface area contributed by atoms with Crippen molar-refractivity contribution in [2.24, 2.45) is 5.73 Å². The van der Waals surface area contributed by atoms with E-state index >= 15 is 0 Å². The molecular weight excluding hydrogens is 308 g/mol. The fraction of sp³-hybridized carbons (Fsp3) is 0.136. The van der Waals surface area contributed by atoms with Gasteiger partial charge < -0.3 is 11.1 Å². The lowest BCUT2D eigenvalue weighted by molar-refractivity contribution is 0.100. The average molecular weight is 330 g/mol. The van der Waals surface area contributed by atoms with E-state index in [2.05, 4.69) is 53.8 Å². The molecule has 0 saturated carbocycles. The zero-order valence-electron chi connectivity index (χ0n) is 14.1. The maximum absolute atomic E-state index is 11.3. The summed E-state index contributed by atoms with van der Waals surface area (Å²) >= 11 is 0. The van der Waals surface area contributed by atoms with Gasteiger partial charge >= 0.3 is 0 Å². The van der Waals surface area contributed by atoms with Crippen molar-refractivity contribution < 1.29 is 4.79 Å². The number of carbonyl (C=O) groups excluding carboxylic acids is 1. The van der Waals surface area contributed by atoms with Crippen LogP contribution in [0.2, 0.25) is 0 Å². The Morgan fingerprint density at radius 3 is 2.28 bits per heavy atom. The van der Waals surface area contributed by atoms with E-state index in [1.54, 1.807) is 6.07 Å². The SMILES string of the molecule is NC(=O)c1cccc(-c2ccc(CNCCc3ccccc3)cc2)c1. The number of rotatable bonds is 7. The molecule has 0 saturated heterocycles. The highest BCUT2D eigenvalue weighted by atomic mass is 16.1. The number of hydrogen-bond acceptors (Lipinski definition) is 2. The molecular formula is C22H22N2O. The van der Waals surface area contributed by atoms with Crippen molar-refractivity contribution in [3.8, 4) is 11.1 Å². The van der Waals surface area contributed by atoms with Gasteiger partial charge in [-0.05, 0) is 47.4 Å². The summed E-state index contributed by atoms with van der Waals surface area (Å²) in [4.78, 5) is 11.3. The summed E-state index contributed by atoms with van der Waals surface area (Å²) in [6, 6.07) is 26.3. The van der Waals surface area contributed by atoms with Crippen LogP contribution < -0.4 is 11.1 Å². The van der Waals surface area contributed by atoms with E-state index in [0.29, 0.717) is 5.56 Å². The highest BCUT2D eigenvalue weighted by Crippen LogP contribution is 2.21. The molecule has 3 nitrogen and oxygen atoms in total. The molecule has 0 spiro atoms. The Hall–Kier alpha value is -2.91. The number of primary amides is 1. The lowest BCUT2D eigenvalue weighted by Gasteiger charge is -2.07. The third-order valence-electron chi connectivity index (χ3n) is 4.20. The van der Waals surface area contributed by atoms with E-state index in [4.69, 9.17) is 5.73 Å². The minimum Gasteiger partial charge on any atom is -0.366 e. The fourth-order valence-electron chi connectivity index (χ4n) is 2.78. The smallest absolute Gasteiger partial charge is 0.248 e. The molecule has 0 unspecified atom stereocenters. The van der Waals surface area contributed by atoms with Gasteiger partial charge in [-0.15, -0.1) is 0 Å². The maximum atomic E-state index is 11.3. The third-order valence-corrected chi connectivity index (χ3v) is 4.20. The second-order valence-corrected chi connectivity index (χ2v) is 6.05. The first kappa shape index (κ1) is 16.9. The molecule has 126 valence electrons. The first-order valence-corrected chi connectivity index (χ1v) is 8.46. The average Bonchev–Trinajstić information content (AvgIpc) is 2.67. The van der Waals surface area contributed by atoms with Crippen molar-refractivity contribution in [3.63, 3.8) is 0 Å². The van der Waals surface area contributed by atoms with E-state index in [0.717, 1.165) is 30.6 Å². The van der Waals surface area contributed by atoms with Crippen LogP contribution in [0.1, 0.15) is 21.5 Å². The Kier molecular flexibility index (Phi) is 5.60. The maximum Gasteiger partial charge on any atom is 0.248 e. The predicted octanol–water partition coefficient (Wildman–Crippen LogP) is 3.78. The zero-order valence-corrected chi connectivity index (χ0v) is 14.1. The van der Waals surface area contributed by atoms with Crippen molar-refractivity contribution in [3.05, 3.63) is 95.6 Å². The standard InChI is InChI=1S/C22H22N2O/c23-22(25)21-8-4-7-20(15-21)19-11-9-18(10-12-19)16-24-14-13-17-5-2-1-3-6-17/h1-12,15,24H,13-14,16H2,(H2,23,25). The van der Waals surface area contributed by atoms with Crippen LogP contribution in [0.3, 0.4) is 0 Å². The zero-order chi connectivity index (χ0) is 17.5. The monoisotopic (exact) mass is 330 g/mol. The Balaban J connectivity index is 1.55. The van der Waals surface area contributed by atoms with Gasteiger partial charge in [0.2, 0.25) is 5.91 Å². The van der Waals surface area contributed by atoms with Gasteiger partial charge in [0.15, 0.2) is 0 Å². The summed E-state index contributed by atoms with van der Waals surface area (Å²) in [6.45, 7) is 1.79. The van der Waals surface area contributed by atoms with Crippen LogP contribution in [0.15, 0.2) is 78.9 Å². The molecule has 0 atom stereocenters. The molecule has 1 amide bonds. The van der Waals surface area contributed by atoms with Gasteiger partial charge in [0.25, 0.3) is 0 Å². The van der Waals surface area contributed by atoms with E-state index in [9.17, 15) is 4.79 Å². The fourth-order valence-corrected chi connectivity index (χ4v) is 2.78. The minimum absolute atomic E-state index is 0.402. The number of carbonyl (C=O) groups is 1. The van der Waals surface area contributed by atoms with E-state index < -0.39 is 5.91 Å². The first-order valence-electron chi connectivity index (χ1n) is 8.46. The Bertz CT molecular complexity index is 826. The summed E-state index contributed by atoms with van der Waals surface area (Å²) in [5.41, 5.74) is 10.5. The van der Waals surface area contributed by atoms with Gasteiger partial charge in [0.05, 0.1) is 0 Å². The molecule has 0 radical (unpaired) electrons. The topological polar surface area (TPSA) is 55.1 Å². The molecule has 0 aliphatic heterocycles. The Morgan fingerprint density at radius 2 is 1.56 bits per heavy atom. The lowest BCUT2D eigenvalue weighted by Crippen LogP contribution is -2.16. The van der Waals surface area contributed by atoms with Crippen LogP contribution in [-0.4, -0.2) is 12.5 Å². The van der Waals surface area contributed by atoms with Gasteiger partial charge in [-0.1, -0.05) is 66.7 Å². The van der Waals surface area contributed by atoms with Crippen LogP contribution in [-0.2, 0) is 13.0 Å². The van der Waals surface area contributed by atoms with Crippen molar-refractivity contribution >= 4 is 5.91 Å². The van der Waals surface area contributed by atoms with E-state index in [1.807, 2.05) is 24.3 Å². The molecule has 3 heteroatoms. The minimum atomic E-state index is -0.402. The molecule has 0 aliphatic carbocycles. The van der Waals surface area contributed by atoms with Crippen LogP contribution >= 0.6 is 0 Å². The molecule has 0 aromatic heterocycles. The number of amides is 1. The van der Waals surface area contributed by atoms with Gasteiger partial charge in [0.1, 0.15) is 0 Å². The summed E-state index contributed by atoms with van der Waals surface area (Å²) < 4.78 is 0. The molecule has 0 aliphatic rings. The quantitative estimate of drug-likeness (QED) is 0.648. The van der Waals surface area contributed by atoms with Crippen LogP contribution in [0.4, 0.5) is 0 Å². The van der Waals surface area contributed by atoms with Crippen LogP contribution in [0.25, 0.3) is 11.1 Å². The van der Waals surface area contributed by atoms with Crippen molar-refractivity contribution in [1.29, 1.82) is 0 Å². The highest BCUT2D eigenvalue weighted by Gasteiger charge is 2.03. The molecule has 0 heterocycles. The van der Waals surface area contributed by atoms with Gasteiger partial charge in [0, 0.05) is 12.1 Å². The normalized spacial score (nSPS) is 10.6. The van der Waals surface area contributed by atoms with Crippen molar-refractivity contribution in [1.82, 2.24) is 5.32 Å². The molecule has 3 N–H and O–H groups in total. The molecule has 3 rings (SSSR count). The molecule has 0 bridgehead atoms. The van der Waals surface area contributed by atoms with Crippen LogP contribution in [0, 0.1) is 0 Å². The summed E-state index contributed by atoms with van der Waals surface area (Å²) in [7, 11) is 0. The van der Waals surface area contributed by atoms with Gasteiger partial charge in [-0.25, -0.2) is 0 Å². The third kappa shape index (κ3) is 4.78. The second kappa shape index (κ2) is 8.27. The van der Waals surface area contributed by atoms with Crippen LogP contribution in [0.5, 0.6) is 0 Å². The molecule has 3 aromatic carbocycles. The first-order chi connectivity index (χ1) is 12.2.